The molecule has 116 valence electrons. The third-order valence-corrected chi connectivity index (χ3v) is 3.37. The van der Waals surface area contributed by atoms with Gasteiger partial charge in [0.2, 0.25) is 0 Å². The van der Waals surface area contributed by atoms with E-state index in [1.54, 1.807) is 49.4 Å². The van der Waals surface area contributed by atoms with E-state index in [2.05, 4.69) is 5.32 Å². The summed E-state index contributed by atoms with van der Waals surface area (Å²) >= 11 is 11.8. The van der Waals surface area contributed by atoms with Gasteiger partial charge in [0, 0.05) is 10.0 Å². The van der Waals surface area contributed by atoms with Crippen molar-refractivity contribution in [2.45, 2.75) is 13.0 Å². The van der Waals surface area contributed by atoms with E-state index in [0.29, 0.717) is 27.2 Å². The van der Waals surface area contributed by atoms with E-state index in [9.17, 15) is 4.79 Å². The lowest BCUT2D eigenvalue weighted by atomic mass is 10.2. The Morgan fingerprint density at radius 2 is 1.86 bits per heavy atom. The van der Waals surface area contributed by atoms with Crippen molar-refractivity contribution in [2.75, 3.05) is 12.4 Å². The molecule has 0 spiro atoms. The molecule has 0 bridgehead atoms. The molecule has 4 nitrogen and oxygen atoms in total. The van der Waals surface area contributed by atoms with Crippen LogP contribution in [0.25, 0.3) is 0 Å². The number of amides is 1. The van der Waals surface area contributed by atoms with Crippen LogP contribution in [0.2, 0.25) is 10.0 Å². The second-order valence-corrected chi connectivity index (χ2v) is 5.42. The summed E-state index contributed by atoms with van der Waals surface area (Å²) in [5, 5.41) is 3.77. The molecule has 1 atom stereocenters. The number of nitrogens with one attached hydrogen (secondary N) is 1. The van der Waals surface area contributed by atoms with Crippen LogP contribution in [0.3, 0.4) is 0 Å². The molecule has 6 heteroatoms. The number of hydrogen-bond acceptors (Lipinski definition) is 3. The van der Waals surface area contributed by atoms with E-state index in [0.717, 1.165) is 0 Å². The fourth-order valence-electron chi connectivity index (χ4n) is 1.81. The van der Waals surface area contributed by atoms with Gasteiger partial charge in [-0.25, -0.2) is 0 Å². The van der Waals surface area contributed by atoms with Gasteiger partial charge in [-0.2, -0.15) is 0 Å². The average Bonchev–Trinajstić information content (AvgIpc) is 2.47. The maximum Gasteiger partial charge on any atom is 0.265 e. The highest BCUT2D eigenvalue weighted by Gasteiger charge is 2.17. The number of hydrogen-bond donors (Lipinski definition) is 1. The second kappa shape index (κ2) is 7.38. The Bertz CT molecular complexity index is 676. The first kappa shape index (κ1) is 16.5. The SMILES string of the molecule is COc1ccc(Cl)cc1NC(=O)C(C)Oc1cccc(Cl)c1. The van der Waals surface area contributed by atoms with Crippen LogP contribution in [0.15, 0.2) is 42.5 Å². The third kappa shape index (κ3) is 4.29. The number of halogens is 2. The third-order valence-electron chi connectivity index (χ3n) is 2.90. The lowest BCUT2D eigenvalue weighted by Crippen LogP contribution is -2.30. The number of carbonyl (C=O) groups excluding carboxylic acids is 1. The Hall–Kier alpha value is -1.91. The minimum absolute atomic E-state index is 0.319. The highest BCUT2D eigenvalue weighted by atomic mass is 35.5. The van der Waals surface area contributed by atoms with Gasteiger partial charge in [0.15, 0.2) is 6.10 Å². The minimum atomic E-state index is -0.706. The van der Waals surface area contributed by atoms with Crippen molar-refractivity contribution in [3.8, 4) is 11.5 Å². The van der Waals surface area contributed by atoms with Gasteiger partial charge >= 0.3 is 0 Å². The zero-order valence-corrected chi connectivity index (χ0v) is 13.6. The van der Waals surface area contributed by atoms with Crippen molar-refractivity contribution in [1.29, 1.82) is 0 Å². The first-order valence-corrected chi connectivity index (χ1v) is 7.32. The van der Waals surface area contributed by atoms with Crippen LogP contribution < -0.4 is 14.8 Å². The Balaban J connectivity index is 2.07. The van der Waals surface area contributed by atoms with Crippen molar-refractivity contribution in [3.05, 3.63) is 52.5 Å². The molecule has 1 unspecified atom stereocenters. The van der Waals surface area contributed by atoms with E-state index < -0.39 is 6.10 Å². The monoisotopic (exact) mass is 339 g/mol. The van der Waals surface area contributed by atoms with Crippen LogP contribution in [-0.4, -0.2) is 19.1 Å². The van der Waals surface area contributed by atoms with Crippen LogP contribution in [0.1, 0.15) is 6.92 Å². The summed E-state index contributed by atoms with van der Waals surface area (Å²) in [4.78, 5) is 12.2. The van der Waals surface area contributed by atoms with Gasteiger partial charge in [0.05, 0.1) is 12.8 Å². The number of ether oxygens (including phenoxy) is 2. The standard InChI is InChI=1S/C16H15Cl2NO3/c1-10(22-13-5-3-4-11(17)8-13)16(20)19-14-9-12(18)6-7-15(14)21-2/h3-10H,1-2H3,(H,19,20). The van der Waals surface area contributed by atoms with Crippen LogP contribution in [0.4, 0.5) is 5.69 Å². The molecule has 0 aliphatic rings. The van der Waals surface area contributed by atoms with Gasteiger partial charge in [-0.15, -0.1) is 0 Å². The van der Waals surface area contributed by atoms with Crippen LogP contribution in [0.5, 0.6) is 11.5 Å². The molecule has 0 radical (unpaired) electrons. The normalized spacial score (nSPS) is 11.6. The lowest BCUT2D eigenvalue weighted by molar-refractivity contribution is -0.122. The molecular weight excluding hydrogens is 325 g/mol. The largest absolute Gasteiger partial charge is 0.495 e. The molecule has 0 aromatic heterocycles. The van der Waals surface area contributed by atoms with Gasteiger partial charge in [0.25, 0.3) is 5.91 Å². The number of benzene rings is 2. The summed E-state index contributed by atoms with van der Waals surface area (Å²) in [5.74, 6) is 0.724. The predicted octanol–water partition coefficient (Wildman–Crippen LogP) is 4.41. The summed E-state index contributed by atoms with van der Waals surface area (Å²) in [5.41, 5.74) is 0.488. The molecule has 0 heterocycles. The van der Waals surface area contributed by atoms with Crippen molar-refractivity contribution < 1.29 is 14.3 Å². The highest BCUT2D eigenvalue weighted by Crippen LogP contribution is 2.28. The maximum atomic E-state index is 12.2. The molecule has 2 aromatic carbocycles. The van der Waals surface area contributed by atoms with E-state index in [4.69, 9.17) is 32.7 Å². The topological polar surface area (TPSA) is 47.6 Å². The molecule has 0 saturated carbocycles. The van der Waals surface area contributed by atoms with Gasteiger partial charge in [0.1, 0.15) is 11.5 Å². The first-order chi connectivity index (χ1) is 10.5. The lowest BCUT2D eigenvalue weighted by Gasteiger charge is -2.16. The summed E-state index contributed by atoms with van der Waals surface area (Å²) in [7, 11) is 1.52. The van der Waals surface area contributed by atoms with E-state index in [1.165, 1.54) is 7.11 Å². The average molecular weight is 340 g/mol. The number of methoxy groups -OCH3 is 1. The molecule has 22 heavy (non-hydrogen) atoms. The molecule has 2 aromatic rings. The van der Waals surface area contributed by atoms with Gasteiger partial charge in [-0.3, -0.25) is 4.79 Å². The highest BCUT2D eigenvalue weighted by molar-refractivity contribution is 6.31. The molecule has 0 aliphatic heterocycles. The first-order valence-electron chi connectivity index (χ1n) is 6.56. The Labute approximate surface area is 138 Å². The minimum Gasteiger partial charge on any atom is -0.495 e. The molecule has 0 fully saturated rings. The van der Waals surface area contributed by atoms with Gasteiger partial charge in [-0.05, 0) is 43.3 Å². The summed E-state index contributed by atoms with van der Waals surface area (Å²) in [6.07, 6.45) is -0.706. The van der Waals surface area contributed by atoms with Crippen LogP contribution in [0, 0.1) is 0 Å². The fourth-order valence-corrected chi connectivity index (χ4v) is 2.16. The molecule has 1 N–H and O–H groups in total. The summed E-state index contributed by atoms with van der Waals surface area (Å²) in [6.45, 7) is 1.65. The van der Waals surface area contributed by atoms with Crippen molar-refractivity contribution in [3.63, 3.8) is 0 Å². The Kier molecular flexibility index (Phi) is 5.52. The van der Waals surface area contributed by atoms with Crippen LogP contribution >= 0.6 is 23.2 Å². The van der Waals surface area contributed by atoms with Gasteiger partial charge < -0.3 is 14.8 Å². The van der Waals surface area contributed by atoms with E-state index >= 15 is 0 Å². The Morgan fingerprint density at radius 3 is 2.55 bits per heavy atom. The quantitative estimate of drug-likeness (QED) is 0.877. The van der Waals surface area contributed by atoms with Crippen LogP contribution in [-0.2, 0) is 4.79 Å². The summed E-state index contributed by atoms with van der Waals surface area (Å²) < 4.78 is 10.7. The predicted molar refractivity (Wildman–Crippen MR) is 88.2 cm³/mol. The molecule has 1 amide bonds. The molecule has 0 aliphatic carbocycles. The van der Waals surface area contributed by atoms with Crippen molar-refractivity contribution >= 4 is 34.8 Å². The zero-order valence-electron chi connectivity index (χ0n) is 12.1. The second-order valence-electron chi connectivity index (χ2n) is 4.55. The zero-order chi connectivity index (χ0) is 16.1. The van der Waals surface area contributed by atoms with Crippen molar-refractivity contribution in [1.82, 2.24) is 0 Å². The fraction of sp³-hybridized carbons (Fsp3) is 0.188. The molecule has 2 rings (SSSR count). The number of rotatable bonds is 5. The Morgan fingerprint density at radius 1 is 1.14 bits per heavy atom. The molecule has 0 saturated heterocycles. The van der Waals surface area contributed by atoms with Gasteiger partial charge in [-0.1, -0.05) is 29.3 Å². The van der Waals surface area contributed by atoms with Crippen molar-refractivity contribution in [2.24, 2.45) is 0 Å². The van der Waals surface area contributed by atoms with E-state index in [-0.39, 0.29) is 5.91 Å². The van der Waals surface area contributed by atoms with E-state index in [1.807, 2.05) is 0 Å². The summed E-state index contributed by atoms with van der Waals surface area (Å²) in [6, 6.07) is 11.8. The maximum absolute atomic E-state index is 12.2. The number of anilines is 1. The number of carbonyl (C=O) groups is 1. The smallest absolute Gasteiger partial charge is 0.265 e. The molecular formula is C16H15Cl2NO3.